The van der Waals surface area contributed by atoms with E-state index in [4.69, 9.17) is 0 Å². The van der Waals surface area contributed by atoms with Gasteiger partial charge in [-0.3, -0.25) is 0 Å². The highest BCUT2D eigenvalue weighted by molar-refractivity contribution is 5.75. The summed E-state index contributed by atoms with van der Waals surface area (Å²) < 4.78 is 0. The van der Waals surface area contributed by atoms with Crippen molar-refractivity contribution in [3.05, 3.63) is 53.1 Å². The predicted octanol–water partition coefficient (Wildman–Crippen LogP) is 4.28. The van der Waals surface area contributed by atoms with Gasteiger partial charge in [0.2, 0.25) is 0 Å². The van der Waals surface area contributed by atoms with Crippen molar-refractivity contribution in [2.75, 3.05) is 0 Å². The van der Waals surface area contributed by atoms with Gasteiger partial charge in [-0.15, -0.1) is 0 Å². The van der Waals surface area contributed by atoms with Gasteiger partial charge in [-0.1, -0.05) is 54.5 Å². The third kappa shape index (κ3) is 1.44. The molecule has 2 atom stereocenters. The standard InChI is InChI=1S/C16H18/c1-11-7-12(2)9-13(8-11)14-5-4-6-16(3)10-15(14)16/h4-9,15H,10H2,1-3H3. The van der Waals surface area contributed by atoms with E-state index < -0.39 is 0 Å². The Morgan fingerprint density at radius 1 is 1.12 bits per heavy atom. The zero-order valence-electron chi connectivity index (χ0n) is 10.2. The van der Waals surface area contributed by atoms with Crippen LogP contribution in [0, 0.1) is 25.2 Å². The van der Waals surface area contributed by atoms with Crippen LogP contribution in [0.25, 0.3) is 5.57 Å². The molecule has 1 aromatic rings. The van der Waals surface area contributed by atoms with Crippen LogP contribution in [-0.2, 0) is 0 Å². The number of fused-ring (bicyclic) bond motifs is 1. The summed E-state index contributed by atoms with van der Waals surface area (Å²) in [5, 5.41) is 0. The first-order valence-corrected chi connectivity index (χ1v) is 6.07. The summed E-state index contributed by atoms with van der Waals surface area (Å²) in [7, 11) is 0. The van der Waals surface area contributed by atoms with Crippen molar-refractivity contribution < 1.29 is 0 Å². The van der Waals surface area contributed by atoms with Crippen LogP contribution in [0.1, 0.15) is 30.0 Å². The minimum absolute atomic E-state index is 0.460. The molecule has 3 rings (SSSR count). The highest BCUT2D eigenvalue weighted by Gasteiger charge is 2.50. The van der Waals surface area contributed by atoms with Crippen LogP contribution in [0.2, 0.25) is 0 Å². The lowest BCUT2D eigenvalue weighted by molar-refractivity contribution is 0.698. The van der Waals surface area contributed by atoms with E-state index in [0.717, 1.165) is 5.92 Å². The molecule has 2 unspecified atom stereocenters. The largest absolute Gasteiger partial charge is 0.0779 e. The fraction of sp³-hybridized carbons (Fsp3) is 0.375. The summed E-state index contributed by atoms with van der Waals surface area (Å²) in [6.07, 6.45) is 8.22. The van der Waals surface area contributed by atoms with Crippen molar-refractivity contribution in [3.8, 4) is 0 Å². The van der Waals surface area contributed by atoms with Crippen molar-refractivity contribution in [2.45, 2.75) is 27.2 Å². The Morgan fingerprint density at radius 3 is 2.50 bits per heavy atom. The van der Waals surface area contributed by atoms with E-state index in [1.165, 1.54) is 28.7 Å². The minimum atomic E-state index is 0.460. The van der Waals surface area contributed by atoms with Crippen LogP contribution < -0.4 is 0 Å². The van der Waals surface area contributed by atoms with E-state index in [2.05, 4.69) is 57.2 Å². The third-order valence-electron chi connectivity index (χ3n) is 3.96. The van der Waals surface area contributed by atoms with Crippen molar-refractivity contribution in [3.63, 3.8) is 0 Å². The highest BCUT2D eigenvalue weighted by atomic mass is 14.5. The van der Waals surface area contributed by atoms with Crippen LogP contribution in [-0.4, -0.2) is 0 Å². The van der Waals surface area contributed by atoms with Gasteiger partial charge in [-0.2, -0.15) is 0 Å². The monoisotopic (exact) mass is 210 g/mol. The highest BCUT2D eigenvalue weighted by Crippen LogP contribution is 2.61. The summed E-state index contributed by atoms with van der Waals surface area (Å²) >= 11 is 0. The lowest BCUT2D eigenvalue weighted by atomic mass is 9.90. The van der Waals surface area contributed by atoms with E-state index in [1.54, 1.807) is 0 Å². The lowest BCUT2D eigenvalue weighted by Crippen LogP contribution is -2.00. The molecule has 0 radical (unpaired) electrons. The third-order valence-corrected chi connectivity index (χ3v) is 3.96. The van der Waals surface area contributed by atoms with Crippen LogP contribution in [0.15, 0.2) is 36.4 Å². The van der Waals surface area contributed by atoms with E-state index >= 15 is 0 Å². The first-order chi connectivity index (χ1) is 7.58. The van der Waals surface area contributed by atoms with Gasteiger partial charge in [-0.25, -0.2) is 0 Å². The average Bonchev–Trinajstić information content (AvgIpc) is 2.87. The van der Waals surface area contributed by atoms with E-state index in [9.17, 15) is 0 Å². The molecule has 0 heteroatoms. The lowest BCUT2D eigenvalue weighted by Gasteiger charge is -2.15. The van der Waals surface area contributed by atoms with Crippen LogP contribution in [0.3, 0.4) is 0 Å². The van der Waals surface area contributed by atoms with Crippen molar-refractivity contribution >= 4 is 5.57 Å². The van der Waals surface area contributed by atoms with Gasteiger partial charge >= 0.3 is 0 Å². The number of rotatable bonds is 1. The van der Waals surface area contributed by atoms with Gasteiger partial charge in [0.1, 0.15) is 0 Å². The zero-order chi connectivity index (χ0) is 11.3. The second-order valence-electron chi connectivity index (χ2n) is 5.62. The molecule has 0 nitrogen and oxygen atoms in total. The molecular formula is C16H18. The quantitative estimate of drug-likeness (QED) is 0.649. The van der Waals surface area contributed by atoms with Gasteiger partial charge < -0.3 is 0 Å². The Kier molecular flexibility index (Phi) is 1.92. The van der Waals surface area contributed by atoms with Crippen LogP contribution in [0.4, 0.5) is 0 Å². The summed E-state index contributed by atoms with van der Waals surface area (Å²) in [4.78, 5) is 0. The Bertz CT molecular complexity index is 485. The van der Waals surface area contributed by atoms with Crippen LogP contribution >= 0.6 is 0 Å². The molecule has 1 saturated carbocycles. The molecule has 0 saturated heterocycles. The molecule has 0 bridgehead atoms. The second kappa shape index (κ2) is 3.10. The molecule has 1 aromatic carbocycles. The maximum Gasteiger partial charge on any atom is -0.00587 e. The fourth-order valence-electron chi connectivity index (χ4n) is 2.96. The maximum atomic E-state index is 2.36. The van der Waals surface area contributed by atoms with Gasteiger partial charge in [0.25, 0.3) is 0 Å². The van der Waals surface area contributed by atoms with Gasteiger partial charge in [-0.05, 0) is 42.7 Å². The molecule has 0 aliphatic heterocycles. The van der Waals surface area contributed by atoms with E-state index in [-0.39, 0.29) is 0 Å². The molecule has 0 aromatic heterocycles. The Morgan fingerprint density at radius 2 is 1.81 bits per heavy atom. The first kappa shape index (κ1) is 9.89. The van der Waals surface area contributed by atoms with Gasteiger partial charge in [0.15, 0.2) is 0 Å². The summed E-state index contributed by atoms with van der Waals surface area (Å²) in [5.41, 5.74) is 6.16. The number of benzene rings is 1. The van der Waals surface area contributed by atoms with Crippen LogP contribution in [0.5, 0.6) is 0 Å². The average molecular weight is 210 g/mol. The molecule has 82 valence electrons. The molecule has 0 amide bonds. The minimum Gasteiger partial charge on any atom is -0.0779 e. The van der Waals surface area contributed by atoms with Gasteiger partial charge in [0, 0.05) is 0 Å². The Balaban J connectivity index is 2.05. The smallest absolute Gasteiger partial charge is 0.00587 e. The molecule has 0 spiro atoms. The topological polar surface area (TPSA) is 0 Å². The first-order valence-electron chi connectivity index (χ1n) is 6.07. The molecule has 2 aliphatic carbocycles. The number of aryl methyl sites for hydroxylation is 2. The SMILES string of the molecule is Cc1cc(C)cc(C2=CC=CC3(C)CC23)c1. The summed E-state index contributed by atoms with van der Waals surface area (Å²) in [6.45, 7) is 6.73. The zero-order valence-corrected chi connectivity index (χ0v) is 10.2. The van der Waals surface area contributed by atoms with Crippen molar-refractivity contribution in [2.24, 2.45) is 11.3 Å². The molecular weight excluding hydrogens is 192 g/mol. The Labute approximate surface area is 97.7 Å². The molecule has 2 aliphatic rings. The van der Waals surface area contributed by atoms with Gasteiger partial charge in [0.05, 0.1) is 0 Å². The molecule has 16 heavy (non-hydrogen) atoms. The number of hydrogen-bond donors (Lipinski definition) is 0. The summed E-state index contributed by atoms with van der Waals surface area (Å²) in [5.74, 6) is 0.763. The normalized spacial score (nSPS) is 30.9. The van der Waals surface area contributed by atoms with E-state index in [1.807, 2.05) is 0 Å². The second-order valence-corrected chi connectivity index (χ2v) is 5.62. The summed E-state index contributed by atoms with van der Waals surface area (Å²) in [6, 6.07) is 6.88. The molecule has 1 fully saturated rings. The Hall–Kier alpha value is -1.30. The van der Waals surface area contributed by atoms with E-state index in [0.29, 0.717) is 5.41 Å². The maximum absolute atomic E-state index is 2.36. The van der Waals surface area contributed by atoms with Crippen molar-refractivity contribution in [1.82, 2.24) is 0 Å². The fourth-order valence-corrected chi connectivity index (χ4v) is 2.96. The number of hydrogen-bond acceptors (Lipinski definition) is 0. The van der Waals surface area contributed by atoms with Crippen molar-refractivity contribution in [1.29, 1.82) is 0 Å². The molecule has 0 heterocycles. The molecule has 0 N–H and O–H groups in total. The number of allylic oxidation sites excluding steroid dienone is 4. The predicted molar refractivity (Wildman–Crippen MR) is 69.2 cm³/mol.